The van der Waals surface area contributed by atoms with Gasteiger partial charge in [-0.2, -0.15) is 0 Å². The summed E-state index contributed by atoms with van der Waals surface area (Å²) in [5, 5.41) is 17.5. The van der Waals surface area contributed by atoms with E-state index in [4.69, 9.17) is 15.1 Å². The Bertz CT molecular complexity index is 131. The maximum atomic E-state index is 8.96. The first-order chi connectivity index (χ1) is 5.54. The zero-order chi connectivity index (χ0) is 9.24. The average Bonchev–Trinajstić information content (AvgIpc) is 2.11. The quantitative estimate of drug-likeness (QED) is 0.482. The van der Waals surface area contributed by atoms with Crippen molar-refractivity contribution >= 4 is 0 Å². The number of hydrogen-bond acceptors (Lipinski definition) is 4. The Balaban J connectivity index is 2.49. The lowest BCUT2D eigenvalue weighted by atomic mass is 9.89. The van der Waals surface area contributed by atoms with Gasteiger partial charge in [0.15, 0.2) is 0 Å². The minimum atomic E-state index is -0.602. The fourth-order valence-corrected chi connectivity index (χ4v) is 1.20. The molecule has 1 fully saturated rings. The highest BCUT2D eigenvalue weighted by molar-refractivity contribution is 4.87. The van der Waals surface area contributed by atoms with E-state index < -0.39 is 11.2 Å². The zero-order valence-electron chi connectivity index (χ0n) is 7.54. The normalized spacial score (nSPS) is 43.0. The van der Waals surface area contributed by atoms with Gasteiger partial charge in [0, 0.05) is 0 Å². The first kappa shape index (κ1) is 9.92. The molecule has 0 unspecified atom stereocenters. The van der Waals surface area contributed by atoms with Crippen molar-refractivity contribution in [1.29, 1.82) is 0 Å². The zero-order valence-corrected chi connectivity index (χ0v) is 7.54. The number of hydrogen-bond donors (Lipinski definition) is 2. The summed E-state index contributed by atoms with van der Waals surface area (Å²) in [4.78, 5) is 4.31. The lowest BCUT2D eigenvalue weighted by Crippen LogP contribution is -2.48. The van der Waals surface area contributed by atoms with Gasteiger partial charge in [-0.05, 0) is 26.7 Å². The van der Waals surface area contributed by atoms with Gasteiger partial charge in [-0.15, -0.1) is 0 Å². The van der Waals surface area contributed by atoms with Crippen LogP contribution in [-0.2, 0) is 9.62 Å². The Hall–Kier alpha value is -0.160. The summed E-state index contributed by atoms with van der Waals surface area (Å²) in [6.07, 6.45) is 1.39. The molecule has 1 saturated heterocycles. The van der Waals surface area contributed by atoms with Gasteiger partial charge < -0.3 is 9.84 Å². The summed E-state index contributed by atoms with van der Waals surface area (Å²) in [6.45, 7) is 3.96. The lowest BCUT2D eigenvalue weighted by molar-refractivity contribution is -0.347. The molecule has 0 aliphatic carbocycles. The molecule has 0 bridgehead atoms. The van der Waals surface area contributed by atoms with E-state index in [0.29, 0.717) is 19.4 Å². The molecule has 2 N–H and O–H groups in total. The van der Waals surface area contributed by atoms with Crippen LogP contribution in [-0.4, -0.2) is 34.8 Å². The summed E-state index contributed by atoms with van der Waals surface area (Å²) in [7, 11) is 0. The van der Waals surface area contributed by atoms with Gasteiger partial charge in [0.1, 0.15) is 5.60 Å². The molecule has 0 radical (unpaired) electrons. The minimum absolute atomic E-state index is 0.00844. The van der Waals surface area contributed by atoms with Crippen molar-refractivity contribution in [2.45, 2.75) is 37.9 Å². The van der Waals surface area contributed by atoms with Crippen molar-refractivity contribution in [2.24, 2.45) is 0 Å². The molecule has 12 heavy (non-hydrogen) atoms. The van der Waals surface area contributed by atoms with Crippen LogP contribution >= 0.6 is 0 Å². The van der Waals surface area contributed by atoms with Crippen LogP contribution in [0.4, 0.5) is 0 Å². The van der Waals surface area contributed by atoms with Crippen LogP contribution in [0.5, 0.6) is 0 Å². The van der Waals surface area contributed by atoms with Gasteiger partial charge in [-0.3, -0.25) is 5.26 Å². The first-order valence-corrected chi connectivity index (χ1v) is 4.11. The molecular formula is C8H16O4. The van der Waals surface area contributed by atoms with Gasteiger partial charge in [-0.25, -0.2) is 4.89 Å². The second-order valence-electron chi connectivity index (χ2n) is 3.94. The van der Waals surface area contributed by atoms with Crippen LogP contribution < -0.4 is 0 Å². The fourth-order valence-electron chi connectivity index (χ4n) is 1.20. The molecule has 2 atom stereocenters. The number of ether oxygens (including phenoxy) is 1. The van der Waals surface area contributed by atoms with E-state index in [2.05, 4.69) is 4.89 Å². The van der Waals surface area contributed by atoms with E-state index in [0.717, 1.165) is 0 Å². The number of aliphatic hydroxyl groups is 1. The van der Waals surface area contributed by atoms with Crippen LogP contribution in [0, 0.1) is 0 Å². The highest BCUT2D eigenvalue weighted by atomic mass is 17.1. The van der Waals surface area contributed by atoms with Crippen molar-refractivity contribution in [3.05, 3.63) is 0 Å². The smallest absolute Gasteiger partial charge is 0.124 e. The third kappa shape index (κ3) is 1.95. The van der Waals surface area contributed by atoms with E-state index in [1.807, 2.05) is 6.92 Å². The number of aliphatic hydroxyl groups excluding tert-OH is 1. The Labute approximate surface area is 72.0 Å². The van der Waals surface area contributed by atoms with Crippen LogP contribution in [0.25, 0.3) is 0 Å². The Morgan fingerprint density at radius 1 is 1.42 bits per heavy atom. The summed E-state index contributed by atoms with van der Waals surface area (Å²) < 4.78 is 5.39. The molecule has 0 aromatic carbocycles. The molecule has 1 aliphatic heterocycles. The monoisotopic (exact) mass is 176 g/mol. The highest BCUT2D eigenvalue weighted by Gasteiger charge is 2.39. The molecule has 1 aliphatic rings. The fraction of sp³-hybridized carbons (Fsp3) is 1.00. The Kier molecular flexibility index (Phi) is 2.73. The average molecular weight is 176 g/mol. The molecule has 4 heteroatoms. The Morgan fingerprint density at radius 2 is 2.08 bits per heavy atom. The van der Waals surface area contributed by atoms with Gasteiger partial charge in [0.2, 0.25) is 0 Å². The minimum Gasteiger partial charge on any atom is -0.393 e. The highest BCUT2D eigenvalue weighted by Crippen LogP contribution is 2.31. The van der Waals surface area contributed by atoms with Crippen LogP contribution in [0.15, 0.2) is 0 Å². The molecule has 0 aromatic rings. The summed E-state index contributed by atoms with van der Waals surface area (Å²) in [5.74, 6) is 0. The topological polar surface area (TPSA) is 58.9 Å². The molecule has 0 amide bonds. The van der Waals surface area contributed by atoms with Crippen LogP contribution in [0.1, 0.15) is 26.7 Å². The predicted octanol–water partition coefficient (Wildman–Crippen LogP) is 0.796. The maximum Gasteiger partial charge on any atom is 0.124 e. The molecule has 1 heterocycles. The SMILES string of the molecule is C[C@]1(OO)CC[C@@](C)(CO)OC1. The van der Waals surface area contributed by atoms with Crippen molar-refractivity contribution in [3.8, 4) is 0 Å². The van der Waals surface area contributed by atoms with Gasteiger partial charge in [0.05, 0.1) is 18.8 Å². The lowest BCUT2D eigenvalue weighted by Gasteiger charge is -2.40. The van der Waals surface area contributed by atoms with Crippen LogP contribution in [0.2, 0.25) is 0 Å². The standard InChI is InChI=1S/C8H16O4/c1-7(5-9)3-4-8(2,12-10)6-11-7/h9-10H,3-6H2,1-2H3/t7-,8-/m0/s1. The largest absolute Gasteiger partial charge is 0.393 e. The van der Waals surface area contributed by atoms with Gasteiger partial charge >= 0.3 is 0 Å². The molecule has 0 aromatic heterocycles. The third-order valence-electron chi connectivity index (χ3n) is 2.46. The Morgan fingerprint density at radius 3 is 2.42 bits per heavy atom. The second kappa shape index (κ2) is 3.30. The van der Waals surface area contributed by atoms with Crippen molar-refractivity contribution in [3.63, 3.8) is 0 Å². The second-order valence-corrected chi connectivity index (χ2v) is 3.94. The van der Waals surface area contributed by atoms with E-state index in [9.17, 15) is 0 Å². The van der Waals surface area contributed by atoms with Crippen molar-refractivity contribution in [1.82, 2.24) is 0 Å². The molecule has 4 nitrogen and oxygen atoms in total. The first-order valence-electron chi connectivity index (χ1n) is 4.11. The van der Waals surface area contributed by atoms with E-state index in [1.54, 1.807) is 6.92 Å². The number of rotatable bonds is 2. The predicted molar refractivity (Wildman–Crippen MR) is 42.8 cm³/mol. The van der Waals surface area contributed by atoms with E-state index in [-0.39, 0.29) is 6.61 Å². The van der Waals surface area contributed by atoms with E-state index in [1.165, 1.54) is 0 Å². The maximum absolute atomic E-state index is 8.96. The van der Waals surface area contributed by atoms with Gasteiger partial charge in [0.25, 0.3) is 0 Å². The molecule has 1 rings (SSSR count). The summed E-state index contributed by atoms with van der Waals surface area (Å²) in [5.41, 5.74) is -1.06. The third-order valence-corrected chi connectivity index (χ3v) is 2.46. The van der Waals surface area contributed by atoms with E-state index >= 15 is 0 Å². The molecule has 0 saturated carbocycles. The van der Waals surface area contributed by atoms with Crippen molar-refractivity contribution < 1.29 is 20.0 Å². The molecule has 72 valence electrons. The van der Waals surface area contributed by atoms with Gasteiger partial charge in [-0.1, -0.05) is 0 Å². The summed E-state index contributed by atoms with van der Waals surface area (Å²) in [6, 6.07) is 0. The van der Waals surface area contributed by atoms with Crippen LogP contribution in [0.3, 0.4) is 0 Å². The van der Waals surface area contributed by atoms with Crippen molar-refractivity contribution in [2.75, 3.05) is 13.2 Å². The molecule has 0 spiro atoms. The molecular weight excluding hydrogens is 160 g/mol. The summed E-state index contributed by atoms with van der Waals surface area (Å²) >= 11 is 0.